The van der Waals surface area contributed by atoms with E-state index < -0.39 is 29.7 Å². The lowest BCUT2D eigenvalue weighted by Gasteiger charge is -2.22. The van der Waals surface area contributed by atoms with Gasteiger partial charge in [0.1, 0.15) is 0 Å². The van der Waals surface area contributed by atoms with Crippen molar-refractivity contribution in [3.8, 4) is 0 Å². The molecule has 5 nitrogen and oxygen atoms in total. The highest BCUT2D eigenvalue weighted by molar-refractivity contribution is 5.95. The van der Waals surface area contributed by atoms with Crippen molar-refractivity contribution in [3.05, 3.63) is 29.3 Å². The van der Waals surface area contributed by atoms with Gasteiger partial charge in [0.15, 0.2) is 0 Å². The summed E-state index contributed by atoms with van der Waals surface area (Å²) in [7, 11) is 0. The van der Waals surface area contributed by atoms with E-state index in [1.54, 1.807) is 4.90 Å². The van der Waals surface area contributed by atoms with Gasteiger partial charge >= 0.3 is 11.9 Å². The molecule has 2 atom stereocenters. The van der Waals surface area contributed by atoms with Crippen molar-refractivity contribution in [2.45, 2.75) is 5.92 Å². The molecule has 7 heteroatoms. The van der Waals surface area contributed by atoms with Gasteiger partial charge in [0.25, 0.3) is 5.92 Å². The second kappa shape index (κ2) is 3.91. The summed E-state index contributed by atoms with van der Waals surface area (Å²) in [6.45, 7) is 0.250. The standard InChI is InChI=1S/C13H11F2NO4/c14-13(15)9-4-16(5-10(9)13)8-2-6(11(17)18)1-7(3-8)12(19)20/h1-3,9-10H,4-5H2,(H,17,18)(H,19,20). The molecule has 1 heterocycles. The zero-order valence-electron chi connectivity index (χ0n) is 10.2. The number of halogens is 2. The van der Waals surface area contributed by atoms with Crippen molar-refractivity contribution in [2.24, 2.45) is 11.8 Å². The van der Waals surface area contributed by atoms with Crippen molar-refractivity contribution in [2.75, 3.05) is 18.0 Å². The molecule has 1 saturated carbocycles. The molecule has 106 valence electrons. The first kappa shape index (κ1) is 12.8. The van der Waals surface area contributed by atoms with E-state index in [4.69, 9.17) is 10.2 Å². The van der Waals surface area contributed by atoms with E-state index in [2.05, 4.69) is 0 Å². The number of anilines is 1. The maximum absolute atomic E-state index is 13.1. The number of nitrogens with zero attached hydrogens (tertiary/aromatic N) is 1. The molecular weight excluding hydrogens is 272 g/mol. The number of hydrogen-bond acceptors (Lipinski definition) is 3. The normalized spacial score (nSPS) is 26.2. The van der Waals surface area contributed by atoms with Gasteiger partial charge < -0.3 is 15.1 Å². The summed E-state index contributed by atoms with van der Waals surface area (Å²) in [5.41, 5.74) is 0.0461. The third-order valence-corrected chi connectivity index (χ3v) is 3.98. The average molecular weight is 283 g/mol. The van der Waals surface area contributed by atoms with Crippen LogP contribution in [0, 0.1) is 11.8 Å². The molecule has 2 unspecified atom stereocenters. The first-order chi connectivity index (χ1) is 9.30. The topological polar surface area (TPSA) is 77.8 Å². The third kappa shape index (κ3) is 1.81. The molecule has 1 aromatic rings. The lowest BCUT2D eigenvalue weighted by atomic mass is 10.1. The molecule has 0 spiro atoms. The fourth-order valence-corrected chi connectivity index (χ4v) is 2.76. The summed E-state index contributed by atoms with van der Waals surface area (Å²) in [5.74, 6) is -6.53. The molecule has 3 rings (SSSR count). The molecule has 0 aromatic heterocycles. The summed E-state index contributed by atoms with van der Waals surface area (Å²) in [5, 5.41) is 17.9. The van der Waals surface area contributed by atoms with E-state index in [0.717, 1.165) is 6.07 Å². The molecule has 2 fully saturated rings. The van der Waals surface area contributed by atoms with Crippen molar-refractivity contribution in [3.63, 3.8) is 0 Å². The number of fused-ring (bicyclic) bond motifs is 1. The van der Waals surface area contributed by atoms with E-state index in [1.807, 2.05) is 0 Å². The predicted octanol–water partition coefficient (Wildman–Crippen LogP) is 1.78. The van der Waals surface area contributed by atoms with Crippen LogP contribution < -0.4 is 4.90 Å². The molecule has 20 heavy (non-hydrogen) atoms. The van der Waals surface area contributed by atoms with Gasteiger partial charge in [-0.15, -0.1) is 0 Å². The van der Waals surface area contributed by atoms with Gasteiger partial charge in [-0.3, -0.25) is 0 Å². The summed E-state index contributed by atoms with van der Waals surface area (Å²) in [6.07, 6.45) is 0. The minimum absolute atomic E-state index is 0.125. The van der Waals surface area contributed by atoms with Crippen LogP contribution in [0.5, 0.6) is 0 Å². The SMILES string of the molecule is O=C(O)c1cc(C(=O)O)cc(N2CC3C(C2)C3(F)F)c1. The third-order valence-electron chi connectivity index (χ3n) is 3.98. The average Bonchev–Trinajstić information content (AvgIpc) is 2.80. The van der Waals surface area contributed by atoms with Gasteiger partial charge in [0, 0.05) is 18.8 Å². The van der Waals surface area contributed by atoms with E-state index in [0.29, 0.717) is 5.69 Å². The molecular formula is C13H11F2NO4. The largest absolute Gasteiger partial charge is 0.478 e. The summed E-state index contributed by atoms with van der Waals surface area (Å²) >= 11 is 0. The zero-order chi connectivity index (χ0) is 14.7. The van der Waals surface area contributed by atoms with Crippen LogP contribution in [-0.2, 0) is 0 Å². The van der Waals surface area contributed by atoms with Crippen LogP contribution in [0.1, 0.15) is 20.7 Å². The Morgan fingerprint density at radius 3 is 1.90 bits per heavy atom. The Morgan fingerprint density at radius 2 is 1.50 bits per heavy atom. The Morgan fingerprint density at radius 1 is 1.05 bits per heavy atom. The van der Waals surface area contributed by atoms with Gasteiger partial charge in [-0.1, -0.05) is 0 Å². The Balaban J connectivity index is 1.90. The zero-order valence-corrected chi connectivity index (χ0v) is 10.2. The predicted molar refractivity (Wildman–Crippen MR) is 64.5 cm³/mol. The van der Waals surface area contributed by atoms with Crippen LogP contribution in [0.15, 0.2) is 18.2 Å². The van der Waals surface area contributed by atoms with Gasteiger partial charge in [-0.05, 0) is 18.2 Å². The van der Waals surface area contributed by atoms with Crippen molar-refractivity contribution in [1.82, 2.24) is 0 Å². The van der Waals surface area contributed by atoms with Crippen molar-refractivity contribution in [1.29, 1.82) is 0 Å². The second-order valence-electron chi connectivity index (χ2n) is 5.17. The van der Waals surface area contributed by atoms with E-state index in [1.165, 1.54) is 12.1 Å². The van der Waals surface area contributed by atoms with Crippen LogP contribution >= 0.6 is 0 Å². The second-order valence-corrected chi connectivity index (χ2v) is 5.17. The number of alkyl halides is 2. The van der Waals surface area contributed by atoms with E-state index in [-0.39, 0.29) is 24.2 Å². The molecule has 1 aromatic carbocycles. The van der Waals surface area contributed by atoms with Crippen molar-refractivity contribution >= 4 is 17.6 Å². The monoisotopic (exact) mass is 283 g/mol. The van der Waals surface area contributed by atoms with Crippen LogP contribution in [0.4, 0.5) is 14.5 Å². The Hall–Kier alpha value is -2.18. The number of benzene rings is 1. The first-order valence-corrected chi connectivity index (χ1v) is 6.05. The number of aromatic carboxylic acids is 2. The maximum Gasteiger partial charge on any atom is 0.335 e. The number of carboxylic acid groups (broad SMARTS) is 2. The molecule has 0 amide bonds. The summed E-state index contributed by atoms with van der Waals surface area (Å²) < 4.78 is 26.3. The summed E-state index contributed by atoms with van der Waals surface area (Å²) in [4.78, 5) is 23.6. The van der Waals surface area contributed by atoms with Crippen molar-refractivity contribution < 1.29 is 28.6 Å². The fourth-order valence-electron chi connectivity index (χ4n) is 2.76. The Kier molecular flexibility index (Phi) is 2.51. The number of piperidine rings is 1. The minimum atomic E-state index is -2.63. The van der Waals surface area contributed by atoms with E-state index in [9.17, 15) is 18.4 Å². The smallest absolute Gasteiger partial charge is 0.335 e. The van der Waals surface area contributed by atoms with Crippen LogP contribution in [0.3, 0.4) is 0 Å². The Bertz CT molecular complexity index is 570. The van der Waals surface area contributed by atoms with Gasteiger partial charge in [0.2, 0.25) is 0 Å². The van der Waals surface area contributed by atoms with Gasteiger partial charge in [0.05, 0.1) is 23.0 Å². The molecule has 1 aliphatic carbocycles. The summed E-state index contributed by atoms with van der Waals surface area (Å²) in [6, 6.07) is 3.69. The fraction of sp³-hybridized carbons (Fsp3) is 0.385. The first-order valence-electron chi connectivity index (χ1n) is 6.05. The van der Waals surface area contributed by atoms with Gasteiger partial charge in [-0.25, -0.2) is 18.4 Å². The lowest BCUT2D eigenvalue weighted by Crippen LogP contribution is -2.27. The Labute approximate surface area is 112 Å². The molecule has 0 bridgehead atoms. The molecule has 2 N–H and O–H groups in total. The molecule has 1 aliphatic heterocycles. The molecule has 1 saturated heterocycles. The highest BCUT2D eigenvalue weighted by atomic mass is 19.3. The molecule has 2 aliphatic rings. The van der Waals surface area contributed by atoms with Crippen LogP contribution in [-0.4, -0.2) is 41.2 Å². The van der Waals surface area contributed by atoms with Crippen LogP contribution in [0.2, 0.25) is 0 Å². The maximum atomic E-state index is 13.1. The number of carbonyl (C=O) groups is 2. The van der Waals surface area contributed by atoms with E-state index >= 15 is 0 Å². The van der Waals surface area contributed by atoms with Crippen LogP contribution in [0.25, 0.3) is 0 Å². The lowest BCUT2D eigenvalue weighted by molar-refractivity contribution is 0.0695. The highest BCUT2D eigenvalue weighted by Gasteiger charge is 2.71. The van der Waals surface area contributed by atoms with Gasteiger partial charge in [-0.2, -0.15) is 0 Å². The number of rotatable bonds is 3. The number of hydrogen-bond donors (Lipinski definition) is 2. The quantitative estimate of drug-likeness (QED) is 0.884. The highest BCUT2D eigenvalue weighted by Crippen LogP contribution is 2.59. The number of carboxylic acids is 2. The minimum Gasteiger partial charge on any atom is -0.478 e. The molecule has 0 radical (unpaired) electrons.